The Bertz CT molecular complexity index is 394. The van der Waals surface area contributed by atoms with Gasteiger partial charge in [-0.25, -0.2) is 4.57 Å². The van der Waals surface area contributed by atoms with Crippen LogP contribution in [-0.4, -0.2) is 9.79 Å². The molecule has 0 aliphatic carbocycles. The van der Waals surface area contributed by atoms with Gasteiger partial charge < -0.3 is 4.52 Å². The summed E-state index contributed by atoms with van der Waals surface area (Å²) in [5.74, 6) is 0.184. The van der Waals surface area contributed by atoms with Crippen molar-refractivity contribution in [2.24, 2.45) is 0 Å². The zero-order valence-electron chi connectivity index (χ0n) is 7.67. The Labute approximate surface area is 82.1 Å². The Morgan fingerprint density at radius 3 is 2.57 bits per heavy atom. The minimum Gasteiger partial charge on any atom is -0.404 e. The van der Waals surface area contributed by atoms with Gasteiger partial charge in [-0.15, -0.1) is 0 Å². The van der Waals surface area contributed by atoms with Crippen LogP contribution in [0.5, 0.6) is 5.75 Å². The highest BCUT2D eigenvalue weighted by Crippen LogP contribution is 2.39. The summed E-state index contributed by atoms with van der Waals surface area (Å²) in [5, 5.41) is 0. The molecule has 0 atom stereocenters. The molecule has 0 aromatic heterocycles. The second-order valence-electron chi connectivity index (χ2n) is 2.81. The van der Waals surface area contributed by atoms with Crippen LogP contribution >= 0.6 is 7.82 Å². The minimum atomic E-state index is -4.46. The molecule has 4 nitrogen and oxygen atoms in total. The first-order chi connectivity index (χ1) is 6.42. The average molecular weight is 214 g/mol. The molecule has 0 radical (unpaired) electrons. The van der Waals surface area contributed by atoms with Crippen LogP contribution in [-0.2, 0) is 4.57 Å². The quantitative estimate of drug-likeness (QED) is 0.756. The molecule has 0 amide bonds. The first kappa shape index (κ1) is 11.0. The van der Waals surface area contributed by atoms with E-state index in [1.807, 2.05) is 0 Å². The van der Waals surface area contributed by atoms with Gasteiger partial charge in [0.25, 0.3) is 0 Å². The summed E-state index contributed by atoms with van der Waals surface area (Å²) < 4.78 is 15.0. The van der Waals surface area contributed by atoms with Gasteiger partial charge >= 0.3 is 7.82 Å². The molecule has 14 heavy (non-hydrogen) atoms. The highest BCUT2D eigenvalue weighted by Gasteiger charge is 2.16. The Morgan fingerprint density at radius 1 is 1.50 bits per heavy atom. The van der Waals surface area contributed by atoms with E-state index in [1.165, 1.54) is 6.07 Å². The van der Waals surface area contributed by atoms with Crippen molar-refractivity contribution >= 4 is 13.9 Å². The summed E-state index contributed by atoms with van der Waals surface area (Å²) in [6, 6.07) is 4.91. The molecule has 76 valence electrons. The number of hydrogen-bond acceptors (Lipinski definition) is 2. The van der Waals surface area contributed by atoms with E-state index >= 15 is 0 Å². The van der Waals surface area contributed by atoms with Gasteiger partial charge in [0.2, 0.25) is 0 Å². The maximum Gasteiger partial charge on any atom is 0.524 e. The minimum absolute atomic E-state index is 0.184. The van der Waals surface area contributed by atoms with Crippen LogP contribution in [0.25, 0.3) is 6.08 Å². The van der Waals surface area contributed by atoms with Gasteiger partial charge in [-0.3, -0.25) is 9.79 Å². The Balaban J connectivity index is 3.01. The normalized spacial score (nSPS) is 11.1. The van der Waals surface area contributed by atoms with E-state index in [-0.39, 0.29) is 5.75 Å². The Morgan fingerprint density at radius 2 is 2.14 bits per heavy atom. The first-order valence-corrected chi connectivity index (χ1v) is 5.43. The molecule has 0 saturated carbocycles. The number of phosphoric acid groups is 1. The molecule has 1 rings (SSSR count). The van der Waals surface area contributed by atoms with Crippen molar-refractivity contribution in [3.8, 4) is 5.75 Å². The van der Waals surface area contributed by atoms with E-state index in [0.717, 1.165) is 5.56 Å². The lowest BCUT2D eigenvalue weighted by atomic mass is 10.1. The topological polar surface area (TPSA) is 66.8 Å². The molecule has 0 spiro atoms. The summed E-state index contributed by atoms with van der Waals surface area (Å²) in [7, 11) is -4.46. The van der Waals surface area contributed by atoms with Crippen molar-refractivity contribution in [2.45, 2.75) is 6.92 Å². The van der Waals surface area contributed by atoms with Crippen molar-refractivity contribution in [3.63, 3.8) is 0 Å². The van der Waals surface area contributed by atoms with Gasteiger partial charge in [-0.05, 0) is 30.2 Å². The molecule has 0 fully saturated rings. The van der Waals surface area contributed by atoms with Crippen molar-refractivity contribution < 1.29 is 18.9 Å². The smallest absolute Gasteiger partial charge is 0.404 e. The summed E-state index contributed by atoms with van der Waals surface area (Å²) in [4.78, 5) is 17.2. The van der Waals surface area contributed by atoms with E-state index in [1.54, 1.807) is 25.1 Å². The van der Waals surface area contributed by atoms with Gasteiger partial charge in [0.1, 0.15) is 5.75 Å². The molecule has 0 bridgehead atoms. The molecule has 0 aliphatic rings. The third-order valence-electron chi connectivity index (χ3n) is 1.65. The van der Waals surface area contributed by atoms with E-state index < -0.39 is 7.82 Å². The molecule has 5 heteroatoms. The summed E-state index contributed by atoms with van der Waals surface area (Å²) >= 11 is 0. The number of phosphoric ester groups is 1. The zero-order chi connectivity index (χ0) is 10.8. The van der Waals surface area contributed by atoms with Gasteiger partial charge in [0.05, 0.1) is 0 Å². The average Bonchev–Trinajstić information content (AvgIpc) is 2.06. The van der Waals surface area contributed by atoms with Crippen LogP contribution in [0, 0.1) is 6.92 Å². The fourth-order valence-corrected chi connectivity index (χ4v) is 1.49. The van der Waals surface area contributed by atoms with Crippen LogP contribution in [0.3, 0.4) is 0 Å². The number of aryl methyl sites for hydroxylation is 1. The molecular formula is C9H11O4P. The number of hydrogen-bond donors (Lipinski definition) is 2. The zero-order valence-corrected chi connectivity index (χ0v) is 8.57. The molecule has 0 saturated heterocycles. The van der Waals surface area contributed by atoms with Crippen LogP contribution in [0.2, 0.25) is 0 Å². The second kappa shape index (κ2) is 3.96. The Kier molecular flexibility index (Phi) is 3.11. The monoisotopic (exact) mass is 214 g/mol. The van der Waals surface area contributed by atoms with Gasteiger partial charge in [-0.2, -0.15) is 0 Å². The van der Waals surface area contributed by atoms with Crippen LogP contribution < -0.4 is 4.52 Å². The van der Waals surface area contributed by atoms with Crippen molar-refractivity contribution in [2.75, 3.05) is 0 Å². The van der Waals surface area contributed by atoms with Crippen molar-refractivity contribution in [1.82, 2.24) is 0 Å². The number of rotatable bonds is 3. The molecule has 0 aliphatic heterocycles. The van der Waals surface area contributed by atoms with Crippen molar-refractivity contribution in [3.05, 3.63) is 35.9 Å². The largest absolute Gasteiger partial charge is 0.524 e. The summed E-state index contributed by atoms with van der Waals surface area (Å²) in [5.41, 5.74) is 1.53. The van der Waals surface area contributed by atoms with E-state index in [2.05, 4.69) is 11.1 Å². The van der Waals surface area contributed by atoms with Crippen LogP contribution in [0.1, 0.15) is 11.1 Å². The van der Waals surface area contributed by atoms with Gasteiger partial charge in [0.15, 0.2) is 0 Å². The summed E-state index contributed by atoms with van der Waals surface area (Å²) in [6.07, 6.45) is 1.65. The molecule has 2 N–H and O–H groups in total. The highest BCUT2D eigenvalue weighted by molar-refractivity contribution is 7.46. The standard InChI is InChI=1S/C9H11O4P/c1-3-8-4-5-9(7(2)6-8)13-14(10,11)12/h3-6H,1H2,2H3,(H2,10,11,12). The Hall–Kier alpha value is -1.09. The molecule has 1 aromatic carbocycles. The predicted octanol–water partition coefficient (Wildman–Crippen LogP) is 2.11. The second-order valence-corrected chi connectivity index (χ2v) is 3.97. The lowest BCUT2D eigenvalue weighted by Gasteiger charge is -2.09. The fourth-order valence-electron chi connectivity index (χ4n) is 1.03. The lowest BCUT2D eigenvalue weighted by Crippen LogP contribution is -1.92. The van der Waals surface area contributed by atoms with E-state index in [4.69, 9.17) is 9.79 Å². The van der Waals surface area contributed by atoms with Gasteiger partial charge in [-0.1, -0.05) is 18.7 Å². The molecular weight excluding hydrogens is 203 g/mol. The maximum atomic E-state index is 10.6. The third-order valence-corrected chi connectivity index (χ3v) is 2.09. The molecule has 1 aromatic rings. The molecule has 0 heterocycles. The highest BCUT2D eigenvalue weighted by atomic mass is 31.2. The molecule has 0 unspecified atom stereocenters. The predicted molar refractivity (Wildman–Crippen MR) is 53.9 cm³/mol. The van der Waals surface area contributed by atoms with Crippen molar-refractivity contribution in [1.29, 1.82) is 0 Å². The van der Waals surface area contributed by atoms with E-state index in [9.17, 15) is 4.57 Å². The van der Waals surface area contributed by atoms with Gasteiger partial charge in [0, 0.05) is 0 Å². The SMILES string of the molecule is C=Cc1ccc(OP(=O)(O)O)c(C)c1. The number of benzene rings is 1. The van der Waals surface area contributed by atoms with Crippen LogP contribution in [0.15, 0.2) is 24.8 Å². The maximum absolute atomic E-state index is 10.6. The lowest BCUT2D eigenvalue weighted by molar-refractivity contribution is 0.282. The first-order valence-electron chi connectivity index (χ1n) is 3.90. The van der Waals surface area contributed by atoms with Crippen LogP contribution in [0.4, 0.5) is 0 Å². The fraction of sp³-hybridized carbons (Fsp3) is 0.111. The van der Waals surface area contributed by atoms with E-state index in [0.29, 0.717) is 5.56 Å². The third kappa shape index (κ3) is 3.00. The summed E-state index contributed by atoms with van der Waals surface area (Å²) in [6.45, 7) is 5.29.